The van der Waals surface area contributed by atoms with Gasteiger partial charge in [-0.1, -0.05) is 25.9 Å². The minimum absolute atomic E-state index is 0. The standard InChI is InChI=1S/C20H35N3O.ClH/c1-14(2)23-12-10-15(11-13-23)18-21-19(24-22-18)16-6-8-17(9-7-16)20(3,4)5;/h14-17H,6-13H2,1-5H3;1H. The van der Waals surface area contributed by atoms with Gasteiger partial charge in [0.25, 0.3) is 0 Å². The second-order valence-electron chi connectivity index (χ2n) is 9.31. The van der Waals surface area contributed by atoms with Gasteiger partial charge < -0.3 is 9.42 Å². The molecule has 1 saturated heterocycles. The molecule has 1 saturated carbocycles. The van der Waals surface area contributed by atoms with Gasteiger partial charge in [0.2, 0.25) is 5.89 Å². The highest BCUT2D eigenvalue weighted by Gasteiger charge is 2.33. The summed E-state index contributed by atoms with van der Waals surface area (Å²) in [5.41, 5.74) is 0.426. The first-order chi connectivity index (χ1) is 11.3. The van der Waals surface area contributed by atoms with Crippen LogP contribution >= 0.6 is 12.4 Å². The van der Waals surface area contributed by atoms with E-state index in [4.69, 9.17) is 9.51 Å². The van der Waals surface area contributed by atoms with E-state index >= 15 is 0 Å². The van der Waals surface area contributed by atoms with Gasteiger partial charge in [-0.15, -0.1) is 12.4 Å². The SMILES string of the molecule is CC(C)N1CCC(c2noc(C3CCC(C(C)(C)C)CC3)n2)CC1.Cl. The largest absolute Gasteiger partial charge is 0.339 e. The third-order valence-electron chi connectivity index (χ3n) is 6.38. The average Bonchev–Trinajstić information content (AvgIpc) is 3.04. The summed E-state index contributed by atoms with van der Waals surface area (Å²) < 4.78 is 5.68. The molecule has 0 radical (unpaired) electrons. The Morgan fingerprint density at radius 2 is 1.56 bits per heavy atom. The van der Waals surface area contributed by atoms with E-state index in [2.05, 4.69) is 44.7 Å². The molecule has 2 aliphatic rings. The topological polar surface area (TPSA) is 42.2 Å². The van der Waals surface area contributed by atoms with Crippen molar-refractivity contribution in [2.24, 2.45) is 11.3 Å². The monoisotopic (exact) mass is 369 g/mol. The fourth-order valence-electron chi connectivity index (χ4n) is 4.46. The first-order valence-electron chi connectivity index (χ1n) is 9.92. The summed E-state index contributed by atoms with van der Waals surface area (Å²) in [5, 5.41) is 4.35. The minimum Gasteiger partial charge on any atom is -0.339 e. The van der Waals surface area contributed by atoms with Gasteiger partial charge in [-0.2, -0.15) is 4.98 Å². The molecule has 0 spiro atoms. The molecule has 1 aliphatic heterocycles. The van der Waals surface area contributed by atoms with Crippen LogP contribution in [0.5, 0.6) is 0 Å². The maximum Gasteiger partial charge on any atom is 0.229 e. The predicted octanol–water partition coefficient (Wildman–Crippen LogP) is 5.40. The van der Waals surface area contributed by atoms with Gasteiger partial charge >= 0.3 is 0 Å². The Morgan fingerprint density at radius 3 is 2.08 bits per heavy atom. The summed E-state index contributed by atoms with van der Waals surface area (Å²) in [6.45, 7) is 14.0. The zero-order chi connectivity index (χ0) is 17.3. The third-order valence-corrected chi connectivity index (χ3v) is 6.38. The van der Waals surface area contributed by atoms with Crippen molar-refractivity contribution in [1.82, 2.24) is 15.0 Å². The highest BCUT2D eigenvalue weighted by atomic mass is 35.5. The summed E-state index contributed by atoms with van der Waals surface area (Å²) in [7, 11) is 0. The lowest BCUT2D eigenvalue weighted by molar-refractivity contribution is 0.158. The van der Waals surface area contributed by atoms with E-state index < -0.39 is 0 Å². The maximum atomic E-state index is 5.68. The van der Waals surface area contributed by atoms with Gasteiger partial charge in [-0.3, -0.25) is 0 Å². The maximum absolute atomic E-state index is 5.68. The zero-order valence-corrected chi connectivity index (χ0v) is 17.4. The van der Waals surface area contributed by atoms with Crippen LogP contribution in [0.25, 0.3) is 0 Å². The van der Waals surface area contributed by atoms with Gasteiger partial charge in [0.15, 0.2) is 5.82 Å². The number of hydrogen-bond donors (Lipinski definition) is 0. The molecule has 5 heteroatoms. The molecule has 1 aromatic rings. The highest BCUT2D eigenvalue weighted by Crippen LogP contribution is 2.43. The molecular formula is C20H36ClN3O. The van der Waals surface area contributed by atoms with Crippen molar-refractivity contribution in [3.05, 3.63) is 11.7 Å². The van der Waals surface area contributed by atoms with Gasteiger partial charge in [-0.25, -0.2) is 0 Å². The van der Waals surface area contributed by atoms with E-state index in [1.54, 1.807) is 0 Å². The average molecular weight is 370 g/mol. The van der Waals surface area contributed by atoms with E-state index in [9.17, 15) is 0 Å². The Bertz CT molecular complexity index is 521. The molecule has 0 amide bonds. The number of aromatic nitrogens is 2. The number of nitrogens with zero attached hydrogens (tertiary/aromatic N) is 3. The van der Waals surface area contributed by atoms with E-state index in [-0.39, 0.29) is 12.4 Å². The van der Waals surface area contributed by atoms with E-state index in [0.717, 1.165) is 43.6 Å². The third kappa shape index (κ3) is 4.97. The Balaban J connectivity index is 0.00000225. The number of piperidine rings is 1. The van der Waals surface area contributed by atoms with Crippen molar-refractivity contribution in [2.75, 3.05) is 13.1 Å². The van der Waals surface area contributed by atoms with Gasteiger partial charge in [0.1, 0.15) is 0 Å². The highest BCUT2D eigenvalue weighted by molar-refractivity contribution is 5.85. The summed E-state index contributed by atoms with van der Waals surface area (Å²) in [6.07, 6.45) is 7.31. The Morgan fingerprint density at radius 1 is 0.960 bits per heavy atom. The molecule has 2 heterocycles. The molecule has 0 bridgehead atoms. The molecule has 0 aromatic carbocycles. The number of rotatable bonds is 3. The van der Waals surface area contributed by atoms with Crippen molar-refractivity contribution in [3.8, 4) is 0 Å². The van der Waals surface area contributed by atoms with E-state index in [1.807, 2.05) is 0 Å². The zero-order valence-electron chi connectivity index (χ0n) is 16.6. The molecule has 0 N–H and O–H groups in total. The fourth-order valence-corrected chi connectivity index (χ4v) is 4.46. The van der Waals surface area contributed by atoms with Gasteiger partial charge in [0, 0.05) is 17.9 Å². The van der Waals surface area contributed by atoms with Gasteiger partial charge in [0.05, 0.1) is 0 Å². The molecule has 1 aromatic heterocycles. The fraction of sp³-hybridized carbons (Fsp3) is 0.900. The van der Waals surface area contributed by atoms with Crippen LogP contribution in [0.2, 0.25) is 0 Å². The predicted molar refractivity (Wildman–Crippen MR) is 104 cm³/mol. The summed E-state index contributed by atoms with van der Waals surface area (Å²) in [6, 6.07) is 0.643. The minimum atomic E-state index is 0. The Labute approximate surface area is 159 Å². The van der Waals surface area contributed by atoms with Crippen LogP contribution < -0.4 is 0 Å². The summed E-state index contributed by atoms with van der Waals surface area (Å²) in [4.78, 5) is 7.37. The van der Waals surface area contributed by atoms with Crippen LogP contribution in [-0.2, 0) is 0 Å². The van der Waals surface area contributed by atoms with Crippen molar-refractivity contribution in [2.45, 2.75) is 91.0 Å². The second-order valence-corrected chi connectivity index (χ2v) is 9.31. The molecule has 1 aliphatic carbocycles. The molecule has 0 atom stereocenters. The summed E-state index contributed by atoms with van der Waals surface area (Å²) in [5.74, 6) is 3.68. The van der Waals surface area contributed by atoms with E-state index in [0.29, 0.717) is 23.3 Å². The van der Waals surface area contributed by atoms with Crippen molar-refractivity contribution in [1.29, 1.82) is 0 Å². The van der Waals surface area contributed by atoms with Crippen LogP contribution in [-0.4, -0.2) is 34.2 Å². The molecule has 144 valence electrons. The molecule has 4 nitrogen and oxygen atoms in total. The smallest absolute Gasteiger partial charge is 0.229 e. The molecule has 2 fully saturated rings. The summed E-state index contributed by atoms with van der Waals surface area (Å²) >= 11 is 0. The molecule has 3 rings (SSSR count). The van der Waals surface area contributed by atoms with Crippen LogP contribution in [0.1, 0.15) is 96.7 Å². The quantitative estimate of drug-likeness (QED) is 0.715. The second kappa shape index (κ2) is 8.39. The normalized spacial score (nSPS) is 26.6. The Kier molecular flexibility index (Phi) is 6.94. The van der Waals surface area contributed by atoms with Crippen molar-refractivity contribution >= 4 is 12.4 Å². The lowest BCUT2D eigenvalue weighted by Crippen LogP contribution is -2.38. The van der Waals surface area contributed by atoms with Crippen LogP contribution in [0.3, 0.4) is 0 Å². The molecular weight excluding hydrogens is 334 g/mol. The van der Waals surface area contributed by atoms with Crippen LogP contribution in [0, 0.1) is 11.3 Å². The number of halogens is 1. The van der Waals surface area contributed by atoms with Crippen molar-refractivity contribution in [3.63, 3.8) is 0 Å². The lowest BCUT2D eigenvalue weighted by Gasteiger charge is -2.36. The van der Waals surface area contributed by atoms with Crippen molar-refractivity contribution < 1.29 is 4.52 Å². The van der Waals surface area contributed by atoms with Gasteiger partial charge in [-0.05, 0) is 76.8 Å². The number of hydrogen-bond acceptors (Lipinski definition) is 4. The number of likely N-dealkylation sites (tertiary alicyclic amines) is 1. The lowest BCUT2D eigenvalue weighted by atomic mass is 9.70. The molecule has 25 heavy (non-hydrogen) atoms. The first kappa shape index (κ1) is 20.7. The van der Waals surface area contributed by atoms with E-state index in [1.165, 1.54) is 25.7 Å². The van der Waals surface area contributed by atoms with Crippen LogP contribution in [0.15, 0.2) is 4.52 Å². The first-order valence-corrected chi connectivity index (χ1v) is 9.92. The van der Waals surface area contributed by atoms with Crippen LogP contribution in [0.4, 0.5) is 0 Å². The molecule has 0 unspecified atom stereocenters. The Hall–Kier alpha value is -0.610.